The lowest BCUT2D eigenvalue weighted by molar-refractivity contribution is -0.119. The van der Waals surface area contributed by atoms with Gasteiger partial charge >= 0.3 is 0 Å². The van der Waals surface area contributed by atoms with Crippen LogP contribution in [0.3, 0.4) is 0 Å². The first-order valence-corrected chi connectivity index (χ1v) is 8.89. The molecule has 0 radical (unpaired) electrons. The molecule has 7 heteroatoms. The monoisotopic (exact) mass is 373 g/mol. The van der Waals surface area contributed by atoms with Crippen LogP contribution in [0.1, 0.15) is 65.4 Å². The van der Waals surface area contributed by atoms with Crippen LogP contribution in [-0.4, -0.2) is 21.7 Å². The second kappa shape index (κ2) is 7.90. The second-order valence-corrected chi connectivity index (χ2v) is 6.89. The smallest absolute Gasteiger partial charge is 0.270 e. The number of nitrogens with zero attached hydrogens (tertiary/aromatic N) is 2. The Morgan fingerprint density at radius 1 is 1.19 bits per heavy atom. The van der Waals surface area contributed by atoms with E-state index in [0.29, 0.717) is 17.1 Å². The normalized spacial score (nSPS) is 14.9. The molecule has 1 heterocycles. The predicted octanol–water partition coefficient (Wildman–Crippen LogP) is 3.74. The molecule has 1 aromatic carbocycles. The molecule has 0 spiro atoms. The molecule has 2 aromatic rings. The molecule has 27 heavy (non-hydrogen) atoms. The Bertz CT molecular complexity index is 866. The van der Waals surface area contributed by atoms with Crippen LogP contribution in [0.4, 0.5) is 8.78 Å². The molecule has 5 nitrogen and oxygen atoms in total. The van der Waals surface area contributed by atoms with Gasteiger partial charge in [0.05, 0.1) is 12.5 Å². The van der Waals surface area contributed by atoms with Gasteiger partial charge in [-0.3, -0.25) is 9.59 Å². The number of amides is 1. The molecule has 3 rings (SSSR count). The number of hydrogen-bond donors (Lipinski definition) is 1. The Morgan fingerprint density at radius 3 is 2.56 bits per heavy atom. The van der Waals surface area contributed by atoms with Gasteiger partial charge in [-0.1, -0.05) is 18.2 Å². The lowest BCUT2D eigenvalue weighted by atomic mass is 10.1. The zero-order valence-electron chi connectivity index (χ0n) is 15.2. The quantitative estimate of drug-likeness (QED) is 0.803. The highest BCUT2D eigenvalue weighted by atomic mass is 19.3. The minimum Gasteiger partial charge on any atom is -0.344 e. The van der Waals surface area contributed by atoms with Gasteiger partial charge in [0, 0.05) is 17.2 Å². The summed E-state index contributed by atoms with van der Waals surface area (Å²) in [5, 5.41) is 2.76. The van der Waals surface area contributed by atoms with Gasteiger partial charge in [0.1, 0.15) is 17.3 Å². The molecule has 1 amide bonds. The van der Waals surface area contributed by atoms with Gasteiger partial charge in [-0.25, -0.2) is 18.7 Å². The summed E-state index contributed by atoms with van der Waals surface area (Å²) in [5.41, 5.74) is 1.25. The van der Waals surface area contributed by atoms with Crippen molar-refractivity contribution in [3.05, 3.63) is 58.7 Å². The molecular formula is C20H21F2N3O2. The van der Waals surface area contributed by atoms with E-state index in [4.69, 9.17) is 0 Å². The van der Waals surface area contributed by atoms with Gasteiger partial charge in [0.2, 0.25) is 0 Å². The number of halogens is 2. The number of alkyl halides is 2. The third-order valence-electron chi connectivity index (χ3n) is 4.51. The molecule has 142 valence electrons. The van der Waals surface area contributed by atoms with Gasteiger partial charge in [-0.15, -0.1) is 0 Å². The number of benzene rings is 1. The van der Waals surface area contributed by atoms with Crippen LogP contribution in [-0.2, 0) is 11.2 Å². The fourth-order valence-corrected chi connectivity index (χ4v) is 2.85. The van der Waals surface area contributed by atoms with Crippen molar-refractivity contribution in [3.8, 4) is 0 Å². The maximum Gasteiger partial charge on any atom is 0.270 e. The van der Waals surface area contributed by atoms with E-state index < -0.39 is 18.4 Å². The van der Waals surface area contributed by atoms with Crippen LogP contribution < -0.4 is 5.32 Å². The van der Waals surface area contributed by atoms with Crippen LogP contribution in [0.5, 0.6) is 0 Å². The van der Waals surface area contributed by atoms with Crippen molar-refractivity contribution in [1.82, 2.24) is 15.3 Å². The maximum atomic E-state index is 12.9. The van der Waals surface area contributed by atoms with E-state index in [1.807, 2.05) is 0 Å². The van der Waals surface area contributed by atoms with Crippen LogP contribution in [0, 0.1) is 12.8 Å². The Balaban J connectivity index is 1.72. The molecule has 1 aliphatic rings. The largest absolute Gasteiger partial charge is 0.344 e. The van der Waals surface area contributed by atoms with E-state index in [0.717, 1.165) is 12.8 Å². The van der Waals surface area contributed by atoms with Crippen molar-refractivity contribution in [1.29, 1.82) is 0 Å². The van der Waals surface area contributed by atoms with Crippen molar-refractivity contribution in [2.45, 2.75) is 45.6 Å². The fraction of sp³-hybridized carbons (Fsp3) is 0.400. The molecule has 0 aliphatic heterocycles. The number of hydrogen-bond acceptors (Lipinski definition) is 4. The Morgan fingerprint density at radius 2 is 1.89 bits per heavy atom. The molecule has 1 atom stereocenters. The fourth-order valence-electron chi connectivity index (χ4n) is 2.85. The molecule has 0 saturated heterocycles. The highest BCUT2D eigenvalue weighted by molar-refractivity contribution is 5.92. The van der Waals surface area contributed by atoms with Crippen molar-refractivity contribution >= 4 is 11.7 Å². The van der Waals surface area contributed by atoms with Gasteiger partial charge < -0.3 is 5.32 Å². The summed E-state index contributed by atoms with van der Waals surface area (Å²) in [5.74, 6) is 0.109. The van der Waals surface area contributed by atoms with Crippen molar-refractivity contribution in [2.24, 2.45) is 5.92 Å². The molecule has 1 unspecified atom stereocenters. The number of carbonyl (C=O) groups is 2. The van der Waals surface area contributed by atoms with E-state index in [2.05, 4.69) is 15.3 Å². The molecule has 1 aromatic heterocycles. The van der Waals surface area contributed by atoms with Gasteiger partial charge in [0.15, 0.2) is 0 Å². The first kappa shape index (κ1) is 19.1. The number of aromatic nitrogens is 2. The predicted molar refractivity (Wildman–Crippen MR) is 95.5 cm³/mol. The Hall–Kier alpha value is -2.70. The molecule has 0 bridgehead atoms. The van der Waals surface area contributed by atoms with E-state index in [1.54, 1.807) is 26.0 Å². The maximum absolute atomic E-state index is 12.9. The lowest BCUT2D eigenvalue weighted by Gasteiger charge is -2.15. The summed E-state index contributed by atoms with van der Waals surface area (Å²) in [6.45, 7) is 3.45. The standard InChI is InChI=1S/C20H21F2N3O2/c1-11-8-16(25-18(23-11)10-17(26)13-6-7-13)20(27)24-12(2)14-4-3-5-15(9-14)19(21)22/h3-5,8-9,12-13,19H,6-7,10H2,1-2H3,(H,24,27). The molecule has 1 N–H and O–H groups in total. The highest BCUT2D eigenvalue weighted by Gasteiger charge is 2.30. The van der Waals surface area contributed by atoms with Gasteiger partial charge in [-0.05, 0) is 44.4 Å². The molecule has 1 saturated carbocycles. The Kier molecular flexibility index (Phi) is 5.58. The molecule has 1 fully saturated rings. The second-order valence-electron chi connectivity index (χ2n) is 6.89. The SMILES string of the molecule is Cc1cc(C(=O)NC(C)c2cccc(C(F)F)c2)nc(CC(=O)C2CC2)n1. The van der Waals surface area contributed by atoms with Crippen LogP contribution in [0.15, 0.2) is 30.3 Å². The third-order valence-corrected chi connectivity index (χ3v) is 4.51. The number of ketones is 1. The first-order chi connectivity index (χ1) is 12.8. The third kappa shape index (κ3) is 4.93. The average Bonchev–Trinajstić information content (AvgIpc) is 3.46. The zero-order chi connectivity index (χ0) is 19.6. The number of rotatable bonds is 7. The number of aryl methyl sites for hydroxylation is 1. The van der Waals surface area contributed by atoms with Crippen molar-refractivity contribution in [2.75, 3.05) is 0 Å². The van der Waals surface area contributed by atoms with Gasteiger partial charge in [0.25, 0.3) is 12.3 Å². The first-order valence-electron chi connectivity index (χ1n) is 8.89. The molecule has 1 aliphatic carbocycles. The van der Waals surface area contributed by atoms with Crippen molar-refractivity contribution in [3.63, 3.8) is 0 Å². The van der Waals surface area contributed by atoms with E-state index in [9.17, 15) is 18.4 Å². The average molecular weight is 373 g/mol. The van der Waals surface area contributed by atoms with E-state index in [-0.39, 0.29) is 29.4 Å². The van der Waals surface area contributed by atoms with Crippen molar-refractivity contribution < 1.29 is 18.4 Å². The minimum absolute atomic E-state index is 0.0904. The summed E-state index contributed by atoms with van der Waals surface area (Å²) in [7, 11) is 0. The van der Waals surface area contributed by atoms with E-state index >= 15 is 0 Å². The molecular weight excluding hydrogens is 352 g/mol. The number of Topliss-reactive ketones (excluding diaryl/α,β-unsaturated/α-hetero) is 1. The summed E-state index contributed by atoms with van der Waals surface area (Å²) in [6, 6.07) is 7.02. The summed E-state index contributed by atoms with van der Waals surface area (Å²) in [6.07, 6.45) is -0.622. The van der Waals surface area contributed by atoms with Gasteiger partial charge in [-0.2, -0.15) is 0 Å². The van der Waals surface area contributed by atoms with Crippen LogP contribution in [0.25, 0.3) is 0 Å². The Labute approximate surface area is 156 Å². The number of nitrogens with one attached hydrogen (secondary N) is 1. The summed E-state index contributed by atoms with van der Waals surface area (Å²) < 4.78 is 25.7. The summed E-state index contributed by atoms with van der Waals surface area (Å²) in [4.78, 5) is 33.0. The highest BCUT2D eigenvalue weighted by Crippen LogP contribution is 2.30. The van der Waals surface area contributed by atoms with Crippen LogP contribution in [0.2, 0.25) is 0 Å². The topological polar surface area (TPSA) is 72.0 Å². The zero-order valence-corrected chi connectivity index (χ0v) is 15.2. The minimum atomic E-state index is -2.57. The lowest BCUT2D eigenvalue weighted by Crippen LogP contribution is -2.28. The summed E-state index contributed by atoms with van der Waals surface area (Å²) >= 11 is 0. The van der Waals surface area contributed by atoms with E-state index in [1.165, 1.54) is 18.2 Å². The number of carbonyl (C=O) groups excluding carboxylic acids is 2. The van der Waals surface area contributed by atoms with Crippen LogP contribution >= 0.6 is 0 Å².